The summed E-state index contributed by atoms with van der Waals surface area (Å²) in [4.78, 5) is 8.30. The zero-order valence-electron chi connectivity index (χ0n) is 10.1. The van der Waals surface area contributed by atoms with E-state index in [0.717, 1.165) is 13.0 Å². The van der Waals surface area contributed by atoms with Gasteiger partial charge in [0.2, 0.25) is 0 Å². The highest BCUT2D eigenvalue weighted by atomic mass is 35.5. The number of methoxy groups -OCH3 is 1. The van der Waals surface area contributed by atoms with Crippen molar-refractivity contribution in [1.29, 1.82) is 0 Å². The lowest BCUT2D eigenvalue weighted by molar-refractivity contribution is 0.178. The monoisotopic (exact) mass is 259 g/mol. The van der Waals surface area contributed by atoms with Crippen LogP contribution in [-0.4, -0.2) is 35.3 Å². The number of nitrogens with one attached hydrogen (secondary N) is 1. The molecule has 0 saturated carbocycles. The third kappa shape index (κ3) is 5.30. The molecule has 17 heavy (non-hydrogen) atoms. The third-order valence-corrected chi connectivity index (χ3v) is 2.46. The van der Waals surface area contributed by atoms with Crippen LogP contribution in [0.25, 0.3) is 0 Å². The van der Waals surface area contributed by atoms with Crippen LogP contribution < -0.4 is 5.32 Å². The molecule has 0 aromatic carbocycles. The highest BCUT2D eigenvalue weighted by Crippen LogP contribution is 2.13. The van der Waals surface area contributed by atoms with Gasteiger partial charge in [-0.2, -0.15) is 0 Å². The molecule has 0 aliphatic heterocycles. The summed E-state index contributed by atoms with van der Waals surface area (Å²) in [5.74, 6) is 1.61. The second-order valence-corrected chi connectivity index (χ2v) is 4.31. The number of rotatable bonds is 7. The van der Waals surface area contributed by atoms with E-state index in [4.69, 9.17) is 21.4 Å². The summed E-state index contributed by atoms with van der Waals surface area (Å²) < 4.78 is 4.96. The van der Waals surface area contributed by atoms with Crippen molar-refractivity contribution in [2.24, 2.45) is 5.92 Å². The van der Waals surface area contributed by atoms with Crippen molar-refractivity contribution in [3.63, 3.8) is 0 Å². The van der Waals surface area contributed by atoms with E-state index in [1.54, 1.807) is 13.2 Å². The molecular formula is C11H18ClN3O2. The Balaban J connectivity index is 2.57. The van der Waals surface area contributed by atoms with Crippen LogP contribution in [0.5, 0.6) is 0 Å². The van der Waals surface area contributed by atoms with Crippen LogP contribution >= 0.6 is 11.6 Å². The van der Waals surface area contributed by atoms with Gasteiger partial charge in [-0.3, -0.25) is 0 Å². The smallest absolute Gasteiger partial charge is 0.158 e. The first-order chi connectivity index (χ1) is 8.15. The second-order valence-electron chi connectivity index (χ2n) is 3.92. The largest absolute Gasteiger partial charge is 0.396 e. The number of ether oxygens (including phenoxy) is 1. The first kappa shape index (κ1) is 14.2. The lowest BCUT2D eigenvalue weighted by Gasteiger charge is -2.12. The topological polar surface area (TPSA) is 67.3 Å². The molecule has 0 bridgehead atoms. The maximum Gasteiger partial charge on any atom is 0.158 e. The lowest BCUT2D eigenvalue weighted by Crippen LogP contribution is -2.14. The predicted octanol–water partition coefficient (Wildman–Crippen LogP) is 1.71. The van der Waals surface area contributed by atoms with Gasteiger partial charge in [-0.1, -0.05) is 18.5 Å². The number of halogens is 1. The van der Waals surface area contributed by atoms with Crippen LogP contribution in [0.4, 0.5) is 5.82 Å². The molecule has 5 nitrogen and oxygen atoms in total. The summed E-state index contributed by atoms with van der Waals surface area (Å²) in [5, 5.41) is 12.4. The van der Waals surface area contributed by atoms with Crippen molar-refractivity contribution in [3.05, 3.63) is 17.0 Å². The molecule has 1 aromatic heterocycles. The normalized spacial score (nSPS) is 12.5. The zero-order valence-corrected chi connectivity index (χ0v) is 10.9. The molecule has 0 aliphatic rings. The van der Waals surface area contributed by atoms with Crippen LogP contribution in [0.3, 0.4) is 0 Å². The van der Waals surface area contributed by atoms with E-state index < -0.39 is 0 Å². The predicted molar refractivity (Wildman–Crippen MR) is 67.1 cm³/mol. The first-order valence-corrected chi connectivity index (χ1v) is 5.90. The van der Waals surface area contributed by atoms with Crippen LogP contribution in [0.15, 0.2) is 6.07 Å². The number of hydrogen-bond acceptors (Lipinski definition) is 5. The van der Waals surface area contributed by atoms with Gasteiger partial charge in [-0.25, -0.2) is 9.97 Å². The number of hydrogen-bond donors (Lipinski definition) is 2. The molecule has 0 fully saturated rings. The third-order valence-electron chi connectivity index (χ3n) is 2.27. The Kier molecular flexibility index (Phi) is 6.18. The van der Waals surface area contributed by atoms with Crippen molar-refractivity contribution >= 4 is 17.4 Å². The van der Waals surface area contributed by atoms with Gasteiger partial charge in [-0.15, -0.1) is 0 Å². The molecule has 0 spiro atoms. The van der Waals surface area contributed by atoms with Crippen LogP contribution in [0.2, 0.25) is 5.15 Å². The Morgan fingerprint density at radius 1 is 1.53 bits per heavy atom. The van der Waals surface area contributed by atoms with Crippen molar-refractivity contribution in [3.8, 4) is 0 Å². The van der Waals surface area contributed by atoms with Crippen LogP contribution in [0, 0.1) is 5.92 Å². The summed E-state index contributed by atoms with van der Waals surface area (Å²) in [6.45, 7) is 3.33. The van der Waals surface area contributed by atoms with E-state index in [0.29, 0.717) is 29.3 Å². The Morgan fingerprint density at radius 2 is 2.29 bits per heavy atom. The van der Waals surface area contributed by atoms with E-state index in [1.807, 2.05) is 0 Å². The van der Waals surface area contributed by atoms with E-state index >= 15 is 0 Å². The number of aliphatic hydroxyl groups is 1. The summed E-state index contributed by atoms with van der Waals surface area (Å²) >= 11 is 5.88. The van der Waals surface area contributed by atoms with Gasteiger partial charge in [0.25, 0.3) is 0 Å². The standard InChI is InChI=1S/C11H18ClN3O2/c1-8(3-4-16)6-13-10-5-9(12)14-11(15-10)7-17-2/h5,8,16H,3-4,6-7H2,1-2H3,(H,13,14,15). The average Bonchev–Trinajstić information content (AvgIpc) is 2.26. The lowest BCUT2D eigenvalue weighted by atomic mass is 10.1. The molecular weight excluding hydrogens is 242 g/mol. The van der Waals surface area contributed by atoms with E-state index in [2.05, 4.69) is 22.2 Å². The molecule has 96 valence electrons. The van der Waals surface area contributed by atoms with Gasteiger partial charge in [0.05, 0.1) is 0 Å². The quantitative estimate of drug-likeness (QED) is 0.730. The summed E-state index contributed by atoms with van der Waals surface area (Å²) in [5.41, 5.74) is 0. The fraction of sp³-hybridized carbons (Fsp3) is 0.636. The number of aliphatic hydroxyl groups excluding tert-OH is 1. The fourth-order valence-corrected chi connectivity index (χ4v) is 1.55. The number of anilines is 1. The number of nitrogens with zero attached hydrogens (tertiary/aromatic N) is 2. The second kappa shape index (κ2) is 7.42. The van der Waals surface area contributed by atoms with Crippen molar-refractivity contribution < 1.29 is 9.84 Å². The van der Waals surface area contributed by atoms with E-state index in [9.17, 15) is 0 Å². The van der Waals surface area contributed by atoms with E-state index in [-0.39, 0.29) is 6.61 Å². The molecule has 1 rings (SSSR count). The summed E-state index contributed by atoms with van der Waals surface area (Å²) in [7, 11) is 1.58. The maximum absolute atomic E-state index is 8.80. The SMILES string of the molecule is COCc1nc(Cl)cc(NCC(C)CCO)n1. The van der Waals surface area contributed by atoms with Gasteiger partial charge in [0, 0.05) is 26.3 Å². The van der Waals surface area contributed by atoms with Gasteiger partial charge in [0.15, 0.2) is 5.82 Å². The van der Waals surface area contributed by atoms with Crippen molar-refractivity contribution in [1.82, 2.24) is 9.97 Å². The maximum atomic E-state index is 8.80. The molecule has 0 radical (unpaired) electrons. The molecule has 1 unspecified atom stereocenters. The molecule has 0 amide bonds. The molecule has 1 heterocycles. The van der Waals surface area contributed by atoms with Crippen LogP contribution in [0.1, 0.15) is 19.2 Å². The first-order valence-electron chi connectivity index (χ1n) is 5.52. The summed E-state index contributed by atoms with van der Waals surface area (Å²) in [6, 6.07) is 1.67. The van der Waals surface area contributed by atoms with E-state index in [1.165, 1.54) is 0 Å². The Morgan fingerprint density at radius 3 is 2.94 bits per heavy atom. The van der Waals surface area contributed by atoms with Crippen LogP contribution in [-0.2, 0) is 11.3 Å². The molecule has 1 atom stereocenters. The minimum atomic E-state index is 0.197. The van der Waals surface area contributed by atoms with Gasteiger partial charge >= 0.3 is 0 Å². The Hall–Kier alpha value is -0.910. The highest BCUT2D eigenvalue weighted by Gasteiger charge is 2.05. The highest BCUT2D eigenvalue weighted by molar-refractivity contribution is 6.29. The summed E-state index contributed by atoms with van der Waals surface area (Å²) in [6.07, 6.45) is 0.761. The van der Waals surface area contributed by atoms with Gasteiger partial charge < -0.3 is 15.2 Å². The number of aromatic nitrogens is 2. The zero-order chi connectivity index (χ0) is 12.7. The molecule has 0 saturated heterocycles. The van der Waals surface area contributed by atoms with Gasteiger partial charge in [-0.05, 0) is 12.3 Å². The Labute approximate surface area is 106 Å². The molecule has 6 heteroatoms. The molecule has 0 aliphatic carbocycles. The van der Waals surface area contributed by atoms with Gasteiger partial charge in [0.1, 0.15) is 17.6 Å². The minimum Gasteiger partial charge on any atom is -0.396 e. The average molecular weight is 260 g/mol. The fourth-order valence-electron chi connectivity index (χ4n) is 1.35. The molecule has 2 N–H and O–H groups in total. The van der Waals surface area contributed by atoms with Crippen molar-refractivity contribution in [2.75, 3.05) is 25.6 Å². The molecule has 1 aromatic rings. The minimum absolute atomic E-state index is 0.197. The Bertz CT molecular complexity index is 349. The van der Waals surface area contributed by atoms with Crippen molar-refractivity contribution in [2.45, 2.75) is 20.0 Å².